The number of allylic oxidation sites excluding steroid dienone is 1. The van der Waals surface area contributed by atoms with Gasteiger partial charge in [0.05, 0.1) is 6.21 Å². The molecule has 1 heterocycles. The predicted molar refractivity (Wildman–Crippen MR) is 79.6 cm³/mol. The normalized spacial score (nSPS) is 11.8. The maximum atomic E-state index is 11.0. The van der Waals surface area contributed by atoms with E-state index in [1.807, 2.05) is 43.3 Å². The van der Waals surface area contributed by atoms with E-state index in [-0.39, 0.29) is 0 Å². The Kier molecular flexibility index (Phi) is 4.39. The molecule has 0 atom stereocenters. The Morgan fingerprint density at radius 2 is 2.10 bits per heavy atom. The highest BCUT2D eigenvalue weighted by atomic mass is 16.1. The van der Waals surface area contributed by atoms with Crippen LogP contribution in [0.3, 0.4) is 0 Å². The lowest BCUT2D eigenvalue weighted by Crippen LogP contribution is -2.15. The molecule has 0 radical (unpaired) electrons. The summed E-state index contributed by atoms with van der Waals surface area (Å²) in [5.74, 6) is 0.345. The molecule has 0 aliphatic rings. The molecule has 102 valence electrons. The number of benzene rings is 1. The van der Waals surface area contributed by atoms with Gasteiger partial charge in [0.1, 0.15) is 5.69 Å². The average Bonchev–Trinajstić information content (AvgIpc) is 2.44. The van der Waals surface area contributed by atoms with E-state index in [2.05, 4.69) is 25.7 Å². The lowest BCUT2D eigenvalue weighted by molar-refractivity contribution is 0.879. The van der Waals surface area contributed by atoms with Crippen LogP contribution in [0.25, 0.3) is 6.08 Å². The van der Waals surface area contributed by atoms with E-state index in [0.29, 0.717) is 11.5 Å². The summed E-state index contributed by atoms with van der Waals surface area (Å²) < 4.78 is 0. The van der Waals surface area contributed by atoms with Gasteiger partial charge in [0, 0.05) is 0 Å². The maximum absolute atomic E-state index is 11.0. The molecular weight excluding hydrogens is 254 g/mol. The van der Waals surface area contributed by atoms with Gasteiger partial charge in [-0.2, -0.15) is 15.2 Å². The minimum atomic E-state index is -0.509. The van der Waals surface area contributed by atoms with Gasteiger partial charge in [0.2, 0.25) is 0 Å². The number of aryl methyl sites for hydroxylation is 1. The van der Waals surface area contributed by atoms with Crippen molar-refractivity contribution in [1.82, 2.24) is 15.2 Å². The van der Waals surface area contributed by atoms with Crippen LogP contribution in [0.4, 0.5) is 5.82 Å². The molecule has 1 aromatic heterocycles. The van der Waals surface area contributed by atoms with Crippen molar-refractivity contribution in [3.05, 3.63) is 57.6 Å². The Labute approximate surface area is 116 Å². The summed E-state index contributed by atoms with van der Waals surface area (Å²) in [5, 5.41) is 10.1. The van der Waals surface area contributed by atoms with Crippen molar-refractivity contribution >= 4 is 18.1 Å². The zero-order valence-corrected chi connectivity index (χ0v) is 11.3. The number of nitrogens with one attached hydrogen (secondary N) is 2. The molecule has 2 rings (SSSR count). The molecule has 0 saturated carbocycles. The molecule has 0 unspecified atom stereocenters. The van der Waals surface area contributed by atoms with E-state index in [0.717, 1.165) is 11.1 Å². The van der Waals surface area contributed by atoms with Gasteiger partial charge in [-0.05, 0) is 25.0 Å². The Bertz CT molecular complexity index is 688. The van der Waals surface area contributed by atoms with Crippen molar-refractivity contribution in [1.29, 1.82) is 0 Å². The first-order valence-electron chi connectivity index (χ1n) is 6.11. The van der Waals surface area contributed by atoms with E-state index in [9.17, 15) is 4.79 Å². The van der Waals surface area contributed by atoms with Gasteiger partial charge in [0.25, 0.3) is 0 Å². The molecule has 2 aromatic rings. The van der Waals surface area contributed by atoms with Crippen molar-refractivity contribution in [3.8, 4) is 0 Å². The van der Waals surface area contributed by atoms with Crippen molar-refractivity contribution in [2.24, 2.45) is 5.10 Å². The zero-order chi connectivity index (χ0) is 14.4. The number of hydrazone groups is 1. The monoisotopic (exact) mass is 269 g/mol. The van der Waals surface area contributed by atoms with Crippen LogP contribution in [0.5, 0.6) is 0 Å². The number of aromatic nitrogens is 3. The summed E-state index contributed by atoms with van der Waals surface area (Å²) in [5.41, 5.74) is 4.84. The van der Waals surface area contributed by atoms with Gasteiger partial charge in [-0.1, -0.05) is 36.4 Å². The second kappa shape index (κ2) is 6.42. The van der Waals surface area contributed by atoms with Crippen LogP contribution >= 0.6 is 0 Å². The van der Waals surface area contributed by atoms with Gasteiger partial charge in [0.15, 0.2) is 5.82 Å². The zero-order valence-electron chi connectivity index (χ0n) is 11.3. The number of hydrogen-bond donors (Lipinski definition) is 2. The number of nitrogens with zero attached hydrogens (tertiary/aromatic N) is 3. The fourth-order valence-electron chi connectivity index (χ4n) is 1.54. The fraction of sp³-hybridized carbons (Fsp3) is 0.143. The topological polar surface area (TPSA) is 83.0 Å². The molecule has 0 aliphatic heterocycles. The molecule has 0 bridgehead atoms. The third-order valence-corrected chi connectivity index (χ3v) is 2.51. The summed E-state index contributed by atoms with van der Waals surface area (Å²) in [4.78, 5) is 14.8. The summed E-state index contributed by atoms with van der Waals surface area (Å²) in [6, 6.07) is 9.94. The third-order valence-electron chi connectivity index (χ3n) is 2.51. The second-order valence-corrected chi connectivity index (χ2v) is 4.24. The van der Waals surface area contributed by atoms with E-state index < -0.39 is 5.69 Å². The first kappa shape index (κ1) is 13.7. The Balaban J connectivity index is 2.05. The number of H-pyrrole nitrogens is 1. The molecule has 1 aromatic carbocycles. The number of anilines is 1. The SMILES string of the molecule is CC(C=NNc1nc(=O)[nH]nc1C)=Cc1ccccc1. The summed E-state index contributed by atoms with van der Waals surface area (Å²) in [7, 11) is 0. The van der Waals surface area contributed by atoms with E-state index in [1.54, 1.807) is 13.1 Å². The molecule has 0 amide bonds. The van der Waals surface area contributed by atoms with Gasteiger partial charge in [-0.3, -0.25) is 5.43 Å². The number of aromatic amines is 1. The largest absolute Gasteiger partial charge is 0.363 e. The Morgan fingerprint density at radius 1 is 1.35 bits per heavy atom. The van der Waals surface area contributed by atoms with Gasteiger partial charge in [-0.25, -0.2) is 9.89 Å². The molecule has 2 N–H and O–H groups in total. The van der Waals surface area contributed by atoms with Crippen molar-refractivity contribution in [2.45, 2.75) is 13.8 Å². The van der Waals surface area contributed by atoms with Crippen LogP contribution in [-0.4, -0.2) is 21.4 Å². The first-order valence-corrected chi connectivity index (χ1v) is 6.11. The lowest BCUT2D eigenvalue weighted by atomic mass is 10.1. The van der Waals surface area contributed by atoms with Crippen LogP contribution in [0, 0.1) is 6.92 Å². The highest BCUT2D eigenvalue weighted by molar-refractivity contribution is 5.85. The van der Waals surface area contributed by atoms with E-state index in [4.69, 9.17) is 0 Å². The van der Waals surface area contributed by atoms with Crippen molar-refractivity contribution in [3.63, 3.8) is 0 Å². The van der Waals surface area contributed by atoms with Gasteiger partial charge in [-0.15, -0.1) is 0 Å². The Hall–Kier alpha value is -2.76. The maximum Gasteiger partial charge on any atom is 0.363 e. The number of hydrogen-bond acceptors (Lipinski definition) is 5. The highest BCUT2D eigenvalue weighted by Gasteiger charge is 1.99. The van der Waals surface area contributed by atoms with E-state index in [1.165, 1.54) is 0 Å². The summed E-state index contributed by atoms with van der Waals surface area (Å²) in [6.07, 6.45) is 3.66. The number of rotatable bonds is 4. The van der Waals surface area contributed by atoms with Crippen LogP contribution in [-0.2, 0) is 0 Å². The molecule has 20 heavy (non-hydrogen) atoms. The molecule has 0 aliphatic carbocycles. The lowest BCUT2D eigenvalue weighted by Gasteiger charge is -2.00. The molecule has 0 saturated heterocycles. The van der Waals surface area contributed by atoms with E-state index >= 15 is 0 Å². The molecular formula is C14H15N5O. The van der Waals surface area contributed by atoms with Gasteiger partial charge >= 0.3 is 5.69 Å². The smallest absolute Gasteiger partial charge is 0.260 e. The van der Waals surface area contributed by atoms with Crippen LogP contribution in [0.1, 0.15) is 18.2 Å². The highest BCUT2D eigenvalue weighted by Crippen LogP contribution is 2.05. The standard InChI is InChI=1S/C14H15N5O/c1-10(8-12-6-4-3-5-7-12)9-15-18-13-11(2)17-19-14(20)16-13/h3-9H,1-2H3,(H2,16,18,19,20). The molecule has 0 fully saturated rings. The second-order valence-electron chi connectivity index (χ2n) is 4.24. The minimum Gasteiger partial charge on any atom is -0.260 e. The predicted octanol–water partition coefficient (Wildman–Crippen LogP) is 1.97. The molecule has 6 nitrogen and oxygen atoms in total. The van der Waals surface area contributed by atoms with Gasteiger partial charge < -0.3 is 0 Å². The fourth-order valence-corrected chi connectivity index (χ4v) is 1.54. The van der Waals surface area contributed by atoms with Crippen LogP contribution in [0.2, 0.25) is 0 Å². The molecule has 0 spiro atoms. The average molecular weight is 269 g/mol. The van der Waals surface area contributed by atoms with Crippen molar-refractivity contribution in [2.75, 3.05) is 5.43 Å². The quantitative estimate of drug-likeness (QED) is 0.656. The first-order chi connectivity index (χ1) is 9.65. The minimum absolute atomic E-state index is 0.345. The van der Waals surface area contributed by atoms with Crippen LogP contribution < -0.4 is 11.1 Å². The summed E-state index contributed by atoms with van der Waals surface area (Å²) in [6.45, 7) is 3.67. The van der Waals surface area contributed by atoms with Crippen molar-refractivity contribution < 1.29 is 0 Å². The summed E-state index contributed by atoms with van der Waals surface area (Å²) >= 11 is 0. The third kappa shape index (κ3) is 3.88. The molecule has 6 heteroatoms. The van der Waals surface area contributed by atoms with Crippen LogP contribution in [0.15, 0.2) is 45.8 Å². The Morgan fingerprint density at radius 3 is 2.85 bits per heavy atom.